The number of methoxy groups -OCH3 is 1. The minimum atomic E-state index is -0.693. The van der Waals surface area contributed by atoms with E-state index in [-0.39, 0.29) is 5.56 Å². The molecule has 1 aromatic carbocycles. The molecule has 0 bridgehead atoms. The van der Waals surface area contributed by atoms with Crippen LogP contribution in [-0.2, 0) is 4.74 Å². The third-order valence-electron chi connectivity index (χ3n) is 2.38. The number of halogens is 1. The van der Waals surface area contributed by atoms with Gasteiger partial charge in [-0.1, -0.05) is 18.2 Å². The summed E-state index contributed by atoms with van der Waals surface area (Å²) < 4.78 is 18.2. The van der Waals surface area contributed by atoms with Gasteiger partial charge in [-0.3, -0.25) is 4.98 Å². The molecule has 0 radical (unpaired) electrons. The highest BCUT2D eigenvalue weighted by molar-refractivity contribution is 5.97. The SMILES string of the molecule is COC(=O)c1c(F)cccc1-c1cccnc1. The molecular formula is C13H10FNO2. The van der Waals surface area contributed by atoms with E-state index in [2.05, 4.69) is 9.72 Å². The lowest BCUT2D eigenvalue weighted by Crippen LogP contribution is -2.06. The topological polar surface area (TPSA) is 39.2 Å². The molecule has 0 saturated heterocycles. The van der Waals surface area contributed by atoms with Crippen molar-refractivity contribution in [3.05, 3.63) is 54.1 Å². The van der Waals surface area contributed by atoms with E-state index in [1.54, 1.807) is 36.7 Å². The van der Waals surface area contributed by atoms with Gasteiger partial charge in [-0.2, -0.15) is 0 Å². The van der Waals surface area contributed by atoms with E-state index in [1.807, 2.05) is 0 Å². The van der Waals surface area contributed by atoms with E-state index in [4.69, 9.17) is 0 Å². The van der Waals surface area contributed by atoms with E-state index in [9.17, 15) is 9.18 Å². The molecule has 0 aliphatic heterocycles. The first-order valence-corrected chi connectivity index (χ1v) is 5.01. The van der Waals surface area contributed by atoms with Gasteiger partial charge in [0.2, 0.25) is 0 Å². The monoisotopic (exact) mass is 231 g/mol. The van der Waals surface area contributed by atoms with Gasteiger partial charge in [-0.15, -0.1) is 0 Å². The first kappa shape index (κ1) is 11.3. The number of ether oxygens (including phenoxy) is 1. The smallest absolute Gasteiger partial charge is 0.341 e. The number of hydrogen-bond acceptors (Lipinski definition) is 3. The number of esters is 1. The van der Waals surface area contributed by atoms with Crippen molar-refractivity contribution < 1.29 is 13.9 Å². The Kier molecular flexibility index (Phi) is 3.14. The second-order valence-corrected chi connectivity index (χ2v) is 3.40. The molecule has 4 heteroatoms. The number of carbonyl (C=O) groups excluding carboxylic acids is 1. The van der Waals surface area contributed by atoms with E-state index in [1.165, 1.54) is 13.2 Å². The standard InChI is InChI=1S/C13H10FNO2/c1-17-13(16)12-10(5-2-6-11(12)14)9-4-3-7-15-8-9/h2-8H,1H3. The number of rotatable bonds is 2. The average molecular weight is 231 g/mol. The molecule has 0 aliphatic carbocycles. The summed E-state index contributed by atoms with van der Waals surface area (Å²) in [5.41, 5.74) is 1.08. The highest BCUT2D eigenvalue weighted by Crippen LogP contribution is 2.25. The van der Waals surface area contributed by atoms with E-state index in [0.29, 0.717) is 11.1 Å². The van der Waals surface area contributed by atoms with E-state index in [0.717, 1.165) is 0 Å². The summed E-state index contributed by atoms with van der Waals surface area (Å²) in [6.07, 6.45) is 3.18. The molecule has 3 nitrogen and oxygen atoms in total. The molecule has 0 atom stereocenters. The molecule has 0 unspecified atom stereocenters. The average Bonchev–Trinajstić information content (AvgIpc) is 2.38. The van der Waals surface area contributed by atoms with Crippen LogP contribution in [-0.4, -0.2) is 18.1 Å². The summed E-state index contributed by atoms with van der Waals surface area (Å²) >= 11 is 0. The Balaban J connectivity index is 2.62. The lowest BCUT2D eigenvalue weighted by Gasteiger charge is -2.08. The molecule has 0 fully saturated rings. The van der Waals surface area contributed by atoms with Gasteiger partial charge in [0.25, 0.3) is 0 Å². The third-order valence-corrected chi connectivity index (χ3v) is 2.38. The van der Waals surface area contributed by atoms with Crippen molar-refractivity contribution in [2.45, 2.75) is 0 Å². The Labute approximate surface area is 97.9 Å². The maximum atomic E-state index is 13.7. The molecule has 1 aromatic heterocycles. The number of pyridine rings is 1. The summed E-state index contributed by atoms with van der Waals surface area (Å²) in [5.74, 6) is -1.29. The quantitative estimate of drug-likeness (QED) is 0.746. The number of nitrogens with zero attached hydrogens (tertiary/aromatic N) is 1. The molecule has 2 aromatic rings. The molecule has 0 spiro atoms. The van der Waals surface area contributed by atoms with Crippen molar-refractivity contribution >= 4 is 5.97 Å². The van der Waals surface area contributed by atoms with Crippen LogP contribution in [0.2, 0.25) is 0 Å². The number of aromatic nitrogens is 1. The summed E-state index contributed by atoms with van der Waals surface area (Å²) in [4.78, 5) is 15.5. The van der Waals surface area contributed by atoms with Gasteiger partial charge >= 0.3 is 5.97 Å². The zero-order chi connectivity index (χ0) is 12.3. The fourth-order valence-electron chi connectivity index (χ4n) is 1.60. The van der Waals surface area contributed by atoms with Crippen LogP contribution in [0.1, 0.15) is 10.4 Å². The van der Waals surface area contributed by atoms with E-state index < -0.39 is 11.8 Å². The highest BCUT2D eigenvalue weighted by atomic mass is 19.1. The van der Waals surface area contributed by atoms with Crippen LogP contribution < -0.4 is 0 Å². The van der Waals surface area contributed by atoms with Crippen LogP contribution in [0, 0.1) is 5.82 Å². The molecular weight excluding hydrogens is 221 g/mol. The Morgan fingerprint density at radius 3 is 2.76 bits per heavy atom. The third kappa shape index (κ3) is 2.15. The number of carbonyl (C=O) groups is 1. The first-order valence-electron chi connectivity index (χ1n) is 5.01. The fraction of sp³-hybridized carbons (Fsp3) is 0.0769. The molecule has 0 amide bonds. The lowest BCUT2D eigenvalue weighted by atomic mass is 10.0. The van der Waals surface area contributed by atoms with Crippen LogP contribution in [0.15, 0.2) is 42.7 Å². The van der Waals surface area contributed by atoms with Crippen LogP contribution >= 0.6 is 0 Å². The van der Waals surface area contributed by atoms with Crippen LogP contribution in [0.5, 0.6) is 0 Å². The Morgan fingerprint density at radius 1 is 1.29 bits per heavy atom. The van der Waals surface area contributed by atoms with Crippen LogP contribution in [0.25, 0.3) is 11.1 Å². The summed E-state index contributed by atoms with van der Waals surface area (Å²) in [6, 6.07) is 7.91. The summed E-state index contributed by atoms with van der Waals surface area (Å²) in [7, 11) is 1.22. The Hall–Kier alpha value is -2.23. The van der Waals surface area contributed by atoms with Gasteiger partial charge < -0.3 is 4.74 Å². The Bertz CT molecular complexity index is 540. The van der Waals surface area contributed by atoms with Gasteiger partial charge in [-0.25, -0.2) is 9.18 Å². The van der Waals surface area contributed by atoms with Crippen molar-refractivity contribution in [1.82, 2.24) is 4.98 Å². The highest BCUT2D eigenvalue weighted by Gasteiger charge is 2.18. The van der Waals surface area contributed by atoms with Gasteiger partial charge in [0.1, 0.15) is 11.4 Å². The maximum Gasteiger partial charge on any atom is 0.341 e. The van der Waals surface area contributed by atoms with Crippen molar-refractivity contribution in [3.8, 4) is 11.1 Å². The normalized spacial score (nSPS) is 10.0. The molecule has 2 rings (SSSR count). The largest absolute Gasteiger partial charge is 0.465 e. The second kappa shape index (κ2) is 4.74. The van der Waals surface area contributed by atoms with Crippen LogP contribution in [0.4, 0.5) is 4.39 Å². The summed E-state index contributed by atoms with van der Waals surface area (Å²) in [5, 5.41) is 0. The van der Waals surface area contributed by atoms with Crippen molar-refractivity contribution in [2.24, 2.45) is 0 Å². The van der Waals surface area contributed by atoms with Gasteiger partial charge in [0.15, 0.2) is 0 Å². The molecule has 86 valence electrons. The molecule has 0 saturated carbocycles. The van der Waals surface area contributed by atoms with Gasteiger partial charge in [0, 0.05) is 23.5 Å². The van der Waals surface area contributed by atoms with Crippen LogP contribution in [0.3, 0.4) is 0 Å². The Morgan fingerprint density at radius 2 is 2.12 bits per heavy atom. The van der Waals surface area contributed by atoms with Crippen molar-refractivity contribution in [3.63, 3.8) is 0 Å². The molecule has 0 aliphatic rings. The molecule has 1 heterocycles. The maximum absolute atomic E-state index is 13.7. The zero-order valence-corrected chi connectivity index (χ0v) is 9.18. The number of hydrogen-bond donors (Lipinski definition) is 0. The lowest BCUT2D eigenvalue weighted by molar-refractivity contribution is 0.0596. The minimum absolute atomic E-state index is 0.0667. The first-order chi connectivity index (χ1) is 8.24. The molecule has 0 N–H and O–H groups in total. The predicted molar refractivity (Wildman–Crippen MR) is 61.0 cm³/mol. The van der Waals surface area contributed by atoms with Crippen molar-refractivity contribution in [1.29, 1.82) is 0 Å². The zero-order valence-electron chi connectivity index (χ0n) is 9.18. The van der Waals surface area contributed by atoms with E-state index >= 15 is 0 Å². The molecule has 17 heavy (non-hydrogen) atoms. The number of benzene rings is 1. The second-order valence-electron chi connectivity index (χ2n) is 3.40. The van der Waals surface area contributed by atoms with Gasteiger partial charge in [-0.05, 0) is 12.1 Å². The fourth-order valence-corrected chi connectivity index (χ4v) is 1.60. The predicted octanol–water partition coefficient (Wildman–Crippen LogP) is 2.67. The van der Waals surface area contributed by atoms with Gasteiger partial charge in [0.05, 0.1) is 7.11 Å². The minimum Gasteiger partial charge on any atom is -0.465 e. The summed E-state index contributed by atoms with van der Waals surface area (Å²) in [6.45, 7) is 0. The van der Waals surface area contributed by atoms with Crippen molar-refractivity contribution in [2.75, 3.05) is 7.11 Å².